The minimum Gasteiger partial charge on any atom is -0.481 e. The number of carboxylic acid groups (broad SMARTS) is 1. The normalized spacial score (nSPS) is 33.2. The van der Waals surface area contributed by atoms with E-state index in [1.54, 1.807) is 0 Å². The van der Waals surface area contributed by atoms with E-state index < -0.39 is 11.9 Å². The molecule has 1 amide bonds. The molecule has 4 nitrogen and oxygen atoms in total. The predicted octanol–water partition coefficient (Wildman–Crippen LogP) is 1.84. The molecule has 18 heavy (non-hydrogen) atoms. The van der Waals surface area contributed by atoms with Gasteiger partial charge in [-0.2, -0.15) is 11.8 Å². The van der Waals surface area contributed by atoms with Gasteiger partial charge in [0.15, 0.2) is 0 Å². The van der Waals surface area contributed by atoms with E-state index in [0.29, 0.717) is 6.42 Å². The molecule has 102 valence electrons. The molecule has 1 aliphatic carbocycles. The third kappa shape index (κ3) is 2.82. The number of amides is 1. The van der Waals surface area contributed by atoms with Crippen LogP contribution < -0.4 is 0 Å². The van der Waals surface area contributed by atoms with Gasteiger partial charge in [-0.15, -0.1) is 0 Å². The number of hydrogen-bond donors (Lipinski definition) is 1. The van der Waals surface area contributed by atoms with E-state index in [2.05, 4.69) is 6.92 Å². The molecule has 0 bridgehead atoms. The average molecular weight is 271 g/mol. The maximum absolute atomic E-state index is 12.5. The van der Waals surface area contributed by atoms with Gasteiger partial charge in [0.1, 0.15) is 0 Å². The van der Waals surface area contributed by atoms with Crippen LogP contribution in [-0.4, -0.2) is 46.0 Å². The van der Waals surface area contributed by atoms with E-state index in [1.165, 1.54) is 0 Å². The molecule has 0 aromatic carbocycles. The highest BCUT2D eigenvalue weighted by Gasteiger charge is 2.39. The second-order valence-electron chi connectivity index (χ2n) is 5.29. The van der Waals surface area contributed by atoms with Gasteiger partial charge in [0.25, 0.3) is 0 Å². The monoisotopic (exact) mass is 271 g/mol. The topological polar surface area (TPSA) is 57.6 Å². The van der Waals surface area contributed by atoms with E-state index >= 15 is 0 Å². The number of carbonyl (C=O) groups is 2. The molecule has 1 N–H and O–H groups in total. The van der Waals surface area contributed by atoms with Gasteiger partial charge in [-0.05, 0) is 19.8 Å². The number of nitrogens with zero attached hydrogens (tertiary/aromatic N) is 1. The first kappa shape index (κ1) is 13.7. The van der Waals surface area contributed by atoms with Crippen molar-refractivity contribution in [3.05, 3.63) is 0 Å². The van der Waals surface area contributed by atoms with Crippen LogP contribution >= 0.6 is 11.8 Å². The maximum atomic E-state index is 12.5. The van der Waals surface area contributed by atoms with E-state index in [4.69, 9.17) is 0 Å². The summed E-state index contributed by atoms with van der Waals surface area (Å²) in [6.45, 7) is 2.83. The van der Waals surface area contributed by atoms with Gasteiger partial charge in [0, 0.05) is 24.1 Å². The Labute approximate surface area is 112 Å². The Bertz CT molecular complexity index is 334. The summed E-state index contributed by atoms with van der Waals surface area (Å²) in [5.41, 5.74) is 0. The summed E-state index contributed by atoms with van der Waals surface area (Å²) in [6, 6.07) is 0.243. The molecule has 3 atom stereocenters. The average Bonchev–Trinajstić information content (AvgIpc) is 2.38. The lowest BCUT2D eigenvalue weighted by molar-refractivity contribution is -0.153. The third-order valence-corrected chi connectivity index (χ3v) is 5.24. The molecule has 0 spiro atoms. The van der Waals surface area contributed by atoms with Crippen molar-refractivity contribution in [2.24, 2.45) is 11.8 Å². The molecule has 2 aliphatic rings. The van der Waals surface area contributed by atoms with Crippen molar-refractivity contribution in [3.63, 3.8) is 0 Å². The molecule has 1 saturated carbocycles. The first-order valence-electron chi connectivity index (χ1n) is 6.72. The minimum atomic E-state index is -0.799. The van der Waals surface area contributed by atoms with Crippen molar-refractivity contribution < 1.29 is 14.7 Å². The fourth-order valence-electron chi connectivity index (χ4n) is 2.99. The molecule has 0 radical (unpaired) electrons. The van der Waals surface area contributed by atoms with Crippen LogP contribution in [0, 0.1) is 11.8 Å². The smallest absolute Gasteiger partial charge is 0.307 e. The van der Waals surface area contributed by atoms with Gasteiger partial charge in [-0.3, -0.25) is 9.59 Å². The van der Waals surface area contributed by atoms with Crippen LogP contribution in [0.5, 0.6) is 0 Å². The molecule has 3 unspecified atom stereocenters. The Morgan fingerprint density at radius 3 is 2.50 bits per heavy atom. The number of carboxylic acids is 1. The van der Waals surface area contributed by atoms with E-state index in [-0.39, 0.29) is 17.9 Å². The molecular formula is C13H21NO3S. The lowest BCUT2D eigenvalue weighted by atomic mass is 9.78. The van der Waals surface area contributed by atoms with Crippen LogP contribution in [0.2, 0.25) is 0 Å². The second kappa shape index (κ2) is 5.95. The molecule has 1 aliphatic heterocycles. The summed E-state index contributed by atoms with van der Waals surface area (Å²) < 4.78 is 0. The number of thioether (sulfide) groups is 1. The quantitative estimate of drug-likeness (QED) is 0.832. The Hall–Kier alpha value is -0.710. The zero-order chi connectivity index (χ0) is 13.1. The summed E-state index contributed by atoms with van der Waals surface area (Å²) >= 11 is 1.87. The fourth-order valence-corrected chi connectivity index (χ4v) is 4.00. The maximum Gasteiger partial charge on any atom is 0.307 e. The van der Waals surface area contributed by atoms with Gasteiger partial charge in [0.05, 0.1) is 11.8 Å². The zero-order valence-corrected chi connectivity index (χ0v) is 11.6. The van der Waals surface area contributed by atoms with Gasteiger partial charge in [-0.25, -0.2) is 0 Å². The molecule has 2 rings (SSSR count). The SMILES string of the molecule is CC1CSCCN1C(=O)C1CCCCC1C(=O)O. The van der Waals surface area contributed by atoms with Crippen LogP contribution in [0.4, 0.5) is 0 Å². The number of carbonyl (C=O) groups excluding carboxylic acids is 1. The van der Waals surface area contributed by atoms with Gasteiger partial charge < -0.3 is 10.0 Å². The van der Waals surface area contributed by atoms with Crippen molar-refractivity contribution in [1.29, 1.82) is 0 Å². The molecule has 2 fully saturated rings. The first-order chi connectivity index (χ1) is 8.61. The highest BCUT2D eigenvalue weighted by molar-refractivity contribution is 7.99. The predicted molar refractivity (Wildman–Crippen MR) is 71.6 cm³/mol. The van der Waals surface area contributed by atoms with Crippen molar-refractivity contribution in [2.45, 2.75) is 38.6 Å². The van der Waals surface area contributed by atoms with E-state index in [9.17, 15) is 14.7 Å². The van der Waals surface area contributed by atoms with Crippen molar-refractivity contribution in [3.8, 4) is 0 Å². The van der Waals surface area contributed by atoms with Crippen LogP contribution in [0.25, 0.3) is 0 Å². The Morgan fingerprint density at radius 1 is 1.22 bits per heavy atom. The molecule has 1 heterocycles. The van der Waals surface area contributed by atoms with Crippen molar-refractivity contribution in [1.82, 2.24) is 4.90 Å². The van der Waals surface area contributed by atoms with Gasteiger partial charge in [0.2, 0.25) is 5.91 Å². The minimum absolute atomic E-state index is 0.0786. The molecule has 5 heteroatoms. The largest absolute Gasteiger partial charge is 0.481 e. The lowest BCUT2D eigenvalue weighted by Gasteiger charge is -2.38. The Morgan fingerprint density at radius 2 is 1.89 bits per heavy atom. The van der Waals surface area contributed by atoms with E-state index in [1.807, 2.05) is 16.7 Å². The molecule has 0 aromatic rings. The van der Waals surface area contributed by atoms with Crippen molar-refractivity contribution in [2.75, 3.05) is 18.1 Å². The summed E-state index contributed by atoms with van der Waals surface area (Å²) in [6.07, 6.45) is 3.32. The fraction of sp³-hybridized carbons (Fsp3) is 0.846. The number of aliphatic carboxylic acids is 1. The number of rotatable bonds is 2. The summed E-state index contributed by atoms with van der Waals surface area (Å²) in [5, 5.41) is 9.25. The highest BCUT2D eigenvalue weighted by atomic mass is 32.2. The zero-order valence-electron chi connectivity index (χ0n) is 10.8. The van der Waals surface area contributed by atoms with Crippen LogP contribution in [0.15, 0.2) is 0 Å². The van der Waals surface area contributed by atoms with Crippen molar-refractivity contribution >= 4 is 23.6 Å². The summed E-state index contributed by atoms with van der Waals surface area (Å²) in [7, 11) is 0. The van der Waals surface area contributed by atoms with Crippen LogP contribution in [-0.2, 0) is 9.59 Å². The van der Waals surface area contributed by atoms with Gasteiger partial charge in [-0.1, -0.05) is 12.8 Å². The lowest BCUT2D eigenvalue weighted by Crippen LogP contribution is -2.49. The third-order valence-electron chi connectivity index (χ3n) is 4.05. The molecule has 1 saturated heterocycles. The van der Waals surface area contributed by atoms with E-state index in [0.717, 1.165) is 37.3 Å². The summed E-state index contributed by atoms with van der Waals surface area (Å²) in [5.74, 6) is 0.466. The molecule has 0 aromatic heterocycles. The second-order valence-corrected chi connectivity index (χ2v) is 6.44. The first-order valence-corrected chi connectivity index (χ1v) is 7.87. The van der Waals surface area contributed by atoms with Gasteiger partial charge >= 0.3 is 5.97 Å². The highest BCUT2D eigenvalue weighted by Crippen LogP contribution is 2.33. The Kier molecular flexibility index (Phi) is 4.54. The number of hydrogen-bond acceptors (Lipinski definition) is 3. The van der Waals surface area contributed by atoms with Crippen LogP contribution in [0.1, 0.15) is 32.6 Å². The Balaban J connectivity index is 2.07. The summed E-state index contributed by atoms with van der Waals surface area (Å²) in [4.78, 5) is 25.7. The standard InChI is InChI=1S/C13H21NO3S/c1-9-8-18-7-6-14(9)12(15)10-4-2-3-5-11(10)13(16)17/h9-11H,2-8H2,1H3,(H,16,17). The van der Waals surface area contributed by atoms with Crippen LogP contribution in [0.3, 0.4) is 0 Å². The molecular weight excluding hydrogens is 250 g/mol.